The van der Waals surface area contributed by atoms with Crippen molar-refractivity contribution in [2.75, 3.05) is 6.61 Å². The van der Waals surface area contributed by atoms with Gasteiger partial charge in [-0.3, -0.25) is 4.79 Å². The Hall–Kier alpha value is -1.77. The molecule has 0 aliphatic rings. The maximum atomic E-state index is 12.0. The molecule has 0 aliphatic heterocycles. The molecule has 1 aromatic carbocycles. The first kappa shape index (κ1) is 14.6. The van der Waals surface area contributed by atoms with Gasteiger partial charge < -0.3 is 9.30 Å². The number of carbonyl (C=O) groups is 1. The first-order valence-corrected chi connectivity index (χ1v) is 7.25. The number of carbonyl (C=O) groups excluding carboxylic acids is 1. The fourth-order valence-corrected chi connectivity index (χ4v) is 2.84. The number of benzene rings is 1. The van der Waals surface area contributed by atoms with Crippen LogP contribution in [0.3, 0.4) is 0 Å². The monoisotopic (exact) mass is 273 g/mol. The molecule has 0 spiro atoms. The molecular formula is C17H23NO2. The highest BCUT2D eigenvalue weighted by Crippen LogP contribution is 2.32. The molecule has 0 aliphatic carbocycles. The predicted molar refractivity (Wildman–Crippen MR) is 82.9 cm³/mol. The van der Waals surface area contributed by atoms with Gasteiger partial charge >= 0.3 is 0 Å². The summed E-state index contributed by atoms with van der Waals surface area (Å²) in [6.07, 6.45) is 0.976. The zero-order chi connectivity index (χ0) is 14.9. The smallest absolute Gasteiger partial charge is 0.162 e. The lowest BCUT2D eigenvalue weighted by atomic mass is 10.1. The molecule has 0 saturated heterocycles. The Balaban J connectivity index is 2.67. The Bertz CT molecular complexity index is 638. The van der Waals surface area contributed by atoms with Crippen molar-refractivity contribution >= 4 is 16.7 Å². The van der Waals surface area contributed by atoms with Gasteiger partial charge in [0.1, 0.15) is 5.75 Å². The quantitative estimate of drug-likeness (QED) is 0.750. The lowest BCUT2D eigenvalue weighted by molar-refractivity contribution is 0.101. The molecule has 0 N–H and O–H groups in total. The summed E-state index contributed by atoms with van der Waals surface area (Å²) in [6.45, 7) is 10.7. The second-order valence-electron chi connectivity index (χ2n) is 5.51. The third-order valence-electron chi connectivity index (χ3n) is 3.56. The Morgan fingerprint density at radius 3 is 2.60 bits per heavy atom. The van der Waals surface area contributed by atoms with Crippen LogP contribution in [-0.4, -0.2) is 17.0 Å². The average Bonchev–Trinajstić information content (AvgIpc) is 2.67. The zero-order valence-electron chi connectivity index (χ0n) is 13.0. The van der Waals surface area contributed by atoms with E-state index in [0.717, 1.165) is 34.3 Å². The summed E-state index contributed by atoms with van der Waals surface area (Å²) in [7, 11) is 0. The summed E-state index contributed by atoms with van der Waals surface area (Å²) in [5.74, 6) is 0.947. The molecule has 2 rings (SSSR count). The van der Waals surface area contributed by atoms with E-state index in [1.54, 1.807) is 6.92 Å². The van der Waals surface area contributed by atoms with Gasteiger partial charge in [-0.15, -0.1) is 0 Å². The van der Waals surface area contributed by atoms with Crippen LogP contribution in [-0.2, 0) is 0 Å². The van der Waals surface area contributed by atoms with E-state index in [1.165, 1.54) is 0 Å². The van der Waals surface area contributed by atoms with Crippen LogP contribution in [0, 0.1) is 6.92 Å². The van der Waals surface area contributed by atoms with Crippen LogP contribution in [0.15, 0.2) is 18.2 Å². The topological polar surface area (TPSA) is 31.2 Å². The van der Waals surface area contributed by atoms with E-state index in [-0.39, 0.29) is 5.78 Å². The van der Waals surface area contributed by atoms with E-state index in [1.807, 2.05) is 19.1 Å². The van der Waals surface area contributed by atoms with Crippen molar-refractivity contribution < 1.29 is 9.53 Å². The summed E-state index contributed by atoms with van der Waals surface area (Å²) in [6, 6.07) is 6.36. The van der Waals surface area contributed by atoms with Crippen LogP contribution in [0.1, 0.15) is 56.2 Å². The lowest BCUT2D eigenvalue weighted by Crippen LogP contribution is -2.04. The van der Waals surface area contributed by atoms with Gasteiger partial charge in [0, 0.05) is 28.2 Å². The van der Waals surface area contributed by atoms with E-state index < -0.39 is 0 Å². The average molecular weight is 273 g/mol. The molecule has 0 atom stereocenters. The number of nitrogens with zero attached hydrogens (tertiary/aromatic N) is 1. The van der Waals surface area contributed by atoms with E-state index in [2.05, 4.69) is 31.4 Å². The van der Waals surface area contributed by atoms with Crippen LogP contribution in [0.2, 0.25) is 0 Å². The van der Waals surface area contributed by atoms with Crippen molar-refractivity contribution in [3.8, 4) is 5.75 Å². The summed E-state index contributed by atoms with van der Waals surface area (Å²) in [5, 5.41) is 0.998. The second kappa shape index (κ2) is 5.70. The Labute approximate surface area is 120 Å². The number of fused-ring (bicyclic) bond motifs is 1. The van der Waals surface area contributed by atoms with Gasteiger partial charge in [0.2, 0.25) is 0 Å². The molecule has 3 nitrogen and oxygen atoms in total. The third kappa shape index (κ3) is 2.45. The van der Waals surface area contributed by atoms with Gasteiger partial charge in [-0.05, 0) is 52.3 Å². The Kier molecular flexibility index (Phi) is 4.17. The minimum absolute atomic E-state index is 0.111. The zero-order valence-corrected chi connectivity index (χ0v) is 13.0. The molecule has 1 aromatic heterocycles. The van der Waals surface area contributed by atoms with Crippen molar-refractivity contribution in [2.45, 2.75) is 47.1 Å². The molecule has 0 saturated carbocycles. The molecular weight excluding hydrogens is 250 g/mol. The number of aromatic nitrogens is 1. The lowest BCUT2D eigenvalue weighted by Gasteiger charge is -2.12. The highest BCUT2D eigenvalue weighted by Gasteiger charge is 2.19. The minimum Gasteiger partial charge on any atom is -0.494 e. The Morgan fingerprint density at radius 2 is 2.05 bits per heavy atom. The van der Waals surface area contributed by atoms with Gasteiger partial charge in [-0.25, -0.2) is 0 Å². The number of ketones is 1. The molecule has 0 fully saturated rings. The van der Waals surface area contributed by atoms with Crippen LogP contribution in [0.25, 0.3) is 10.9 Å². The van der Waals surface area contributed by atoms with E-state index in [4.69, 9.17) is 4.74 Å². The maximum absolute atomic E-state index is 12.0. The third-order valence-corrected chi connectivity index (χ3v) is 3.56. The number of Topliss-reactive ketones (excluding diaryl/α,β-unsaturated/α-hetero) is 1. The van der Waals surface area contributed by atoms with E-state index >= 15 is 0 Å². The number of hydrogen-bond acceptors (Lipinski definition) is 2. The van der Waals surface area contributed by atoms with Crippen molar-refractivity contribution in [1.29, 1.82) is 0 Å². The van der Waals surface area contributed by atoms with Gasteiger partial charge in [0.05, 0.1) is 6.61 Å². The maximum Gasteiger partial charge on any atom is 0.162 e. The molecule has 0 radical (unpaired) electrons. The number of ether oxygens (including phenoxy) is 1. The summed E-state index contributed by atoms with van der Waals surface area (Å²) in [5.41, 5.74) is 2.96. The summed E-state index contributed by atoms with van der Waals surface area (Å²) in [4.78, 5) is 12.0. The van der Waals surface area contributed by atoms with Crippen molar-refractivity contribution in [1.82, 2.24) is 4.57 Å². The first-order chi connectivity index (χ1) is 9.47. The van der Waals surface area contributed by atoms with Gasteiger partial charge in [-0.1, -0.05) is 6.92 Å². The van der Waals surface area contributed by atoms with Crippen molar-refractivity contribution in [3.63, 3.8) is 0 Å². The number of rotatable bonds is 5. The SMILES string of the molecule is CCCOc1ccc2c(c1)c(C(C)=O)c(C)n2C(C)C. The first-order valence-electron chi connectivity index (χ1n) is 7.25. The van der Waals surface area contributed by atoms with Crippen molar-refractivity contribution in [2.24, 2.45) is 0 Å². The largest absolute Gasteiger partial charge is 0.494 e. The van der Waals surface area contributed by atoms with E-state index in [0.29, 0.717) is 12.6 Å². The van der Waals surface area contributed by atoms with Crippen LogP contribution >= 0.6 is 0 Å². The fourth-order valence-electron chi connectivity index (χ4n) is 2.84. The molecule has 0 unspecified atom stereocenters. The van der Waals surface area contributed by atoms with Gasteiger partial charge in [-0.2, -0.15) is 0 Å². The standard InChI is InChI=1S/C17H23NO2/c1-6-9-20-14-7-8-16-15(10-14)17(13(5)19)12(4)18(16)11(2)3/h7-8,10-11H,6,9H2,1-5H3. The van der Waals surface area contributed by atoms with Crippen molar-refractivity contribution in [3.05, 3.63) is 29.5 Å². The van der Waals surface area contributed by atoms with Crippen LogP contribution in [0.4, 0.5) is 0 Å². The fraction of sp³-hybridized carbons (Fsp3) is 0.471. The van der Waals surface area contributed by atoms with Crippen LogP contribution < -0.4 is 4.74 Å². The molecule has 0 bridgehead atoms. The molecule has 108 valence electrons. The summed E-state index contributed by atoms with van der Waals surface area (Å²) < 4.78 is 7.90. The Morgan fingerprint density at radius 1 is 1.35 bits per heavy atom. The number of hydrogen-bond donors (Lipinski definition) is 0. The molecule has 1 heterocycles. The predicted octanol–water partition coefficient (Wildman–Crippen LogP) is 4.52. The highest BCUT2D eigenvalue weighted by atomic mass is 16.5. The summed E-state index contributed by atoms with van der Waals surface area (Å²) >= 11 is 0. The highest BCUT2D eigenvalue weighted by molar-refractivity contribution is 6.08. The molecule has 3 heteroatoms. The van der Waals surface area contributed by atoms with Crippen LogP contribution in [0.5, 0.6) is 5.75 Å². The minimum atomic E-state index is 0.111. The molecule has 0 amide bonds. The second-order valence-corrected chi connectivity index (χ2v) is 5.51. The van der Waals surface area contributed by atoms with Gasteiger partial charge in [0.25, 0.3) is 0 Å². The molecule has 20 heavy (non-hydrogen) atoms. The normalized spacial score (nSPS) is 11.3. The van der Waals surface area contributed by atoms with Gasteiger partial charge in [0.15, 0.2) is 5.78 Å². The molecule has 2 aromatic rings. The van der Waals surface area contributed by atoms with E-state index in [9.17, 15) is 4.79 Å².